The van der Waals surface area contributed by atoms with Gasteiger partial charge in [-0.15, -0.1) is 0 Å². The molecule has 1 atom stereocenters. The lowest BCUT2D eigenvalue weighted by molar-refractivity contribution is -0.150. The number of ether oxygens (including phenoxy) is 1. The highest BCUT2D eigenvalue weighted by Crippen LogP contribution is 2.12. The van der Waals surface area contributed by atoms with Crippen LogP contribution in [0.2, 0.25) is 0 Å². The molecule has 1 unspecified atom stereocenters. The predicted molar refractivity (Wildman–Crippen MR) is 66.1 cm³/mol. The number of rotatable bonds is 2. The molecular weight excluding hydrogens is 204 g/mol. The normalized spacial score (nSPS) is 9.88. The van der Waals surface area contributed by atoms with Gasteiger partial charge in [0.2, 0.25) is 0 Å². The van der Waals surface area contributed by atoms with Crippen LogP contribution in [0.3, 0.4) is 0 Å². The highest BCUT2D eigenvalue weighted by molar-refractivity contribution is 5.75. The van der Waals surface area contributed by atoms with Gasteiger partial charge in [0.05, 0.1) is 7.11 Å². The van der Waals surface area contributed by atoms with Gasteiger partial charge in [0.15, 0.2) is 6.10 Å². The molecule has 0 saturated carbocycles. The topological polar surface area (TPSA) is 46.5 Å². The average molecular weight is 226 g/mol. The van der Waals surface area contributed by atoms with Gasteiger partial charge in [-0.05, 0) is 5.56 Å². The largest absolute Gasteiger partial charge is 0.467 e. The van der Waals surface area contributed by atoms with Gasteiger partial charge in [-0.1, -0.05) is 58.0 Å². The Bertz CT molecular complexity index is 257. The van der Waals surface area contributed by atoms with E-state index < -0.39 is 12.1 Å². The molecule has 0 saturated heterocycles. The number of hydrogen-bond acceptors (Lipinski definition) is 3. The van der Waals surface area contributed by atoms with E-state index in [-0.39, 0.29) is 0 Å². The van der Waals surface area contributed by atoms with E-state index >= 15 is 0 Å². The quantitative estimate of drug-likeness (QED) is 0.789. The van der Waals surface area contributed by atoms with E-state index in [1.165, 1.54) is 7.11 Å². The summed E-state index contributed by atoms with van der Waals surface area (Å²) < 4.78 is 4.38. The van der Waals surface area contributed by atoms with E-state index in [1.807, 2.05) is 33.8 Å². The Hall–Kier alpha value is -1.35. The maximum absolute atomic E-state index is 10.8. The predicted octanol–water partition coefficient (Wildman–Crippen LogP) is 2.95. The van der Waals surface area contributed by atoms with Crippen LogP contribution in [0.1, 0.15) is 39.4 Å². The summed E-state index contributed by atoms with van der Waals surface area (Å²) in [7, 11) is 1.24. The van der Waals surface area contributed by atoms with Crippen LogP contribution < -0.4 is 0 Å². The minimum absolute atomic E-state index is 0.546. The molecule has 92 valence electrons. The third kappa shape index (κ3) is 6.19. The van der Waals surface area contributed by atoms with E-state index in [0.29, 0.717) is 5.56 Å². The number of esters is 1. The van der Waals surface area contributed by atoms with Crippen LogP contribution in [0.25, 0.3) is 0 Å². The standard InChI is InChI=1S/C9H10O3.2C2H6/c1-12-9(11)8(10)7-5-3-2-4-6-7;2*1-2/h2-6,8,10H,1H3;2*1-2H3. The average Bonchev–Trinajstić information content (AvgIpc) is 2.42. The van der Waals surface area contributed by atoms with Gasteiger partial charge in [0, 0.05) is 0 Å². The third-order valence-corrected chi connectivity index (χ3v) is 1.54. The maximum Gasteiger partial charge on any atom is 0.339 e. The molecule has 0 aliphatic rings. The van der Waals surface area contributed by atoms with Gasteiger partial charge >= 0.3 is 5.97 Å². The first-order valence-corrected chi connectivity index (χ1v) is 5.56. The second kappa shape index (κ2) is 11.7. The molecule has 16 heavy (non-hydrogen) atoms. The lowest BCUT2D eigenvalue weighted by atomic mass is 10.1. The van der Waals surface area contributed by atoms with Crippen LogP contribution in [0, 0.1) is 0 Å². The van der Waals surface area contributed by atoms with Crippen molar-refractivity contribution in [2.75, 3.05) is 7.11 Å². The number of benzene rings is 1. The number of hydrogen-bond donors (Lipinski definition) is 1. The molecule has 0 fully saturated rings. The molecule has 1 rings (SSSR count). The maximum atomic E-state index is 10.8. The zero-order valence-corrected chi connectivity index (χ0v) is 10.7. The highest BCUT2D eigenvalue weighted by Gasteiger charge is 2.16. The van der Waals surface area contributed by atoms with Crippen LogP contribution in [0.15, 0.2) is 30.3 Å². The molecule has 1 aromatic carbocycles. The third-order valence-electron chi connectivity index (χ3n) is 1.54. The van der Waals surface area contributed by atoms with Crippen molar-refractivity contribution in [1.82, 2.24) is 0 Å². The molecule has 0 spiro atoms. The second-order valence-electron chi connectivity index (χ2n) is 2.34. The van der Waals surface area contributed by atoms with Crippen LogP contribution in [0.5, 0.6) is 0 Å². The summed E-state index contributed by atoms with van der Waals surface area (Å²) in [5, 5.41) is 9.31. The van der Waals surface area contributed by atoms with Crippen molar-refractivity contribution in [3.63, 3.8) is 0 Å². The van der Waals surface area contributed by atoms with Crippen molar-refractivity contribution < 1.29 is 14.6 Å². The molecule has 0 aliphatic carbocycles. The Morgan fingerprint density at radius 1 is 1.12 bits per heavy atom. The van der Waals surface area contributed by atoms with Crippen molar-refractivity contribution in [2.24, 2.45) is 0 Å². The summed E-state index contributed by atoms with van der Waals surface area (Å²) in [5.74, 6) is -0.638. The lowest BCUT2D eigenvalue weighted by Gasteiger charge is -2.07. The highest BCUT2D eigenvalue weighted by atomic mass is 16.5. The van der Waals surface area contributed by atoms with Crippen molar-refractivity contribution in [1.29, 1.82) is 0 Å². The smallest absolute Gasteiger partial charge is 0.339 e. The molecule has 1 N–H and O–H groups in total. The SMILES string of the molecule is CC.CC.COC(=O)C(O)c1ccccc1. The summed E-state index contributed by atoms with van der Waals surface area (Å²) in [5.41, 5.74) is 0.546. The van der Waals surface area contributed by atoms with Crippen molar-refractivity contribution >= 4 is 5.97 Å². The first-order chi connectivity index (χ1) is 7.75. The number of methoxy groups -OCH3 is 1. The summed E-state index contributed by atoms with van der Waals surface area (Å²) in [6.45, 7) is 8.00. The van der Waals surface area contributed by atoms with E-state index in [4.69, 9.17) is 0 Å². The van der Waals surface area contributed by atoms with Crippen molar-refractivity contribution in [2.45, 2.75) is 33.8 Å². The van der Waals surface area contributed by atoms with Gasteiger partial charge < -0.3 is 9.84 Å². The first-order valence-electron chi connectivity index (χ1n) is 5.56. The Morgan fingerprint density at radius 3 is 1.94 bits per heavy atom. The number of carbonyl (C=O) groups is 1. The fourth-order valence-electron chi connectivity index (χ4n) is 0.883. The molecule has 0 bridgehead atoms. The first kappa shape index (κ1) is 17.1. The number of aliphatic hydroxyl groups is 1. The fraction of sp³-hybridized carbons (Fsp3) is 0.462. The lowest BCUT2D eigenvalue weighted by Crippen LogP contribution is -2.13. The minimum Gasteiger partial charge on any atom is -0.467 e. The number of carbonyl (C=O) groups excluding carboxylic acids is 1. The molecule has 0 amide bonds. The van der Waals surface area contributed by atoms with E-state index in [0.717, 1.165) is 0 Å². The molecule has 0 heterocycles. The summed E-state index contributed by atoms with van der Waals surface area (Å²) in [6, 6.07) is 8.65. The summed E-state index contributed by atoms with van der Waals surface area (Å²) in [4.78, 5) is 10.8. The van der Waals surface area contributed by atoms with Crippen LogP contribution in [-0.2, 0) is 9.53 Å². The van der Waals surface area contributed by atoms with Crippen LogP contribution >= 0.6 is 0 Å². The molecule has 3 heteroatoms. The Kier molecular flexibility index (Phi) is 12.5. The van der Waals surface area contributed by atoms with Gasteiger partial charge in [-0.2, -0.15) is 0 Å². The van der Waals surface area contributed by atoms with Crippen LogP contribution in [0.4, 0.5) is 0 Å². The van der Waals surface area contributed by atoms with E-state index in [2.05, 4.69) is 4.74 Å². The van der Waals surface area contributed by atoms with E-state index in [9.17, 15) is 9.90 Å². The van der Waals surface area contributed by atoms with E-state index in [1.54, 1.807) is 24.3 Å². The molecular formula is C13H22O3. The Balaban J connectivity index is 0. The number of aliphatic hydroxyl groups excluding tert-OH is 1. The molecule has 0 radical (unpaired) electrons. The van der Waals surface area contributed by atoms with Gasteiger partial charge in [-0.25, -0.2) is 4.79 Å². The Labute approximate surface area is 98.1 Å². The summed E-state index contributed by atoms with van der Waals surface area (Å²) in [6.07, 6.45) is -1.17. The second-order valence-corrected chi connectivity index (χ2v) is 2.34. The van der Waals surface area contributed by atoms with Gasteiger partial charge in [-0.3, -0.25) is 0 Å². The fourth-order valence-corrected chi connectivity index (χ4v) is 0.883. The minimum atomic E-state index is -1.17. The molecule has 0 aromatic heterocycles. The Morgan fingerprint density at radius 2 is 1.56 bits per heavy atom. The molecule has 0 aliphatic heterocycles. The summed E-state index contributed by atoms with van der Waals surface area (Å²) >= 11 is 0. The van der Waals surface area contributed by atoms with Gasteiger partial charge in [0.1, 0.15) is 0 Å². The molecule has 3 nitrogen and oxygen atoms in total. The van der Waals surface area contributed by atoms with Crippen molar-refractivity contribution in [3.05, 3.63) is 35.9 Å². The monoisotopic (exact) mass is 226 g/mol. The van der Waals surface area contributed by atoms with Crippen LogP contribution in [-0.4, -0.2) is 18.2 Å². The van der Waals surface area contributed by atoms with Gasteiger partial charge in [0.25, 0.3) is 0 Å². The molecule has 1 aromatic rings. The van der Waals surface area contributed by atoms with Crippen molar-refractivity contribution in [3.8, 4) is 0 Å². The zero-order valence-electron chi connectivity index (χ0n) is 10.7. The zero-order chi connectivity index (χ0) is 13.0.